The van der Waals surface area contributed by atoms with E-state index in [1.807, 2.05) is 17.5 Å². The summed E-state index contributed by atoms with van der Waals surface area (Å²) < 4.78 is 5.76. The van der Waals surface area contributed by atoms with Crippen LogP contribution in [0.5, 0.6) is 0 Å². The number of thiophene rings is 1. The van der Waals surface area contributed by atoms with Crippen molar-refractivity contribution < 1.29 is 4.79 Å². The summed E-state index contributed by atoms with van der Waals surface area (Å²) in [5, 5.41) is 4.35. The summed E-state index contributed by atoms with van der Waals surface area (Å²) in [6.07, 6.45) is 7.64. The Morgan fingerprint density at radius 3 is 1.94 bits per heavy atom. The molecule has 0 amide bonds. The molecular formula is C33H40OSSn. The van der Waals surface area contributed by atoms with E-state index in [0.717, 1.165) is 15.8 Å². The molecule has 3 aromatic carbocycles. The first-order chi connectivity index (χ1) is 17.6. The topological polar surface area (TPSA) is 17.1 Å². The predicted octanol–water partition coefficient (Wildman–Crippen LogP) is 9.86. The molecule has 3 heteroatoms. The first kappa shape index (κ1) is 27.1. The van der Waals surface area contributed by atoms with Crippen LogP contribution < -0.4 is 3.58 Å². The fraction of sp³-hybridized carbons (Fsp3) is 0.364. The van der Waals surface area contributed by atoms with Crippen LogP contribution in [-0.4, -0.2) is 24.2 Å². The number of hydrogen-bond donors (Lipinski definition) is 0. The molecule has 36 heavy (non-hydrogen) atoms. The van der Waals surface area contributed by atoms with Crippen LogP contribution in [-0.2, 0) is 0 Å². The molecule has 188 valence electrons. The molecule has 0 radical (unpaired) electrons. The zero-order valence-electron chi connectivity index (χ0n) is 22.2. The summed E-state index contributed by atoms with van der Waals surface area (Å²) in [7, 11) is 0. The molecule has 0 saturated carbocycles. The van der Waals surface area contributed by atoms with Crippen molar-refractivity contribution in [3.05, 3.63) is 88.6 Å². The molecule has 1 aromatic heterocycles. The molecule has 0 bridgehead atoms. The van der Waals surface area contributed by atoms with Gasteiger partial charge in [0.15, 0.2) is 0 Å². The number of ketones is 1. The van der Waals surface area contributed by atoms with Crippen molar-refractivity contribution >= 4 is 49.8 Å². The number of benzene rings is 3. The van der Waals surface area contributed by atoms with E-state index >= 15 is 0 Å². The molecule has 0 atom stereocenters. The van der Waals surface area contributed by atoms with Crippen LogP contribution in [0.4, 0.5) is 0 Å². The summed E-state index contributed by atoms with van der Waals surface area (Å²) in [5.41, 5.74) is 3.40. The van der Waals surface area contributed by atoms with Gasteiger partial charge in [-0.2, -0.15) is 0 Å². The van der Waals surface area contributed by atoms with E-state index in [9.17, 15) is 4.79 Å². The second-order valence-electron chi connectivity index (χ2n) is 10.2. The summed E-state index contributed by atoms with van der Waals surface area (Å²) in [6.45, 7) is 7.00. The van der Waals surface area contributed by atoms with E-state index in [2.05, 4.69) is 81.4 Å². The van der Waals surface area contributed by atoms with Crippen molar-refractivity contribution in [3.8, 4) is 11.1 Å². The van der Waals surface area contributed by atoms with Gasteiger partial charge in [-0.1, -0.05) is 0 Å². The molecule has 0 spiro atoms. The van der Waals surface area contributed by atoms with Crippen molar-refractivity contribution in [1.29, 1.82) is 0 Å². The van der Waals surface area contributed by atoms with Crippen LogP contribution >= 0.6 is 11.3 Å². The van der Waals surface area contributed by atoms with E-state index in [-0.39, 0.29) is 5.78 Å². The van der Waals surface area contributed by atoms with Gasteiger partial charge in [-0.05, 0) is 0 Å². The molecule has 0 N–H and O–H groups in total. The van der Waals surface area contributed by atoms with Gasteiger partial charge in [0.25, 0.3) is 0 Å². The zero-order valence-corrected chi connectivity index (χ0v) is 25.9. The number of hydrogen-bond acceptors (Lipinski definition) is 2. The van der Waals surface area contributed by atoms with Crippen LogP contribution in [0.1, 0.15) is 74.5 Å². The predicted molar refractivity (Wildman–Crippen MR) is 162 cm³/mol. The Balaban J connectivity index is 2.11. The van der Waals surface area contributed by atoms with Crippen LogP contribution in [0, 0.1) is 0 Å². The van der Waals surface area contributed by atoms with Gasteiger partial charge in [0.2, 0.25) is 0 Å². The van der Waals surface area contributed by atoms with Crippen molar-refractivity contribution in [2.24, 2.45) is 0 Å². The Labute approximate surface area is 225 Å². The molecule has 0 saturated heterocycles. The quantitative estimate of drug-likeness (QED) is 0.110. The molecule has 0 aliphatic carbocycles. The van der Waals surface area contributed by atoms with Crippen molar-refractivity contribution in [2.75, 3.05) is 0 Å². The molecule has 0 aliphatic heterocycles. The fourth-order valence-corrected chi connectivity index (χ4v) is 23.3. The molecule has 4 aromatic rings. The van der Waals surface area contributed by atoms with Gasteiger partial charge < -0.3 is 0 Å². The van der Waals surface area contributed by atoms with Crippen LogP contribution in [0.15, 0.2) is 78.2 Å². The average molecular weight is 603 g/mol. The van der Waals surface area contributed by atoms with E-state index < -0.39 is 18.4 Å². The molecule has 0 aliphatic rings. The van der Waals surface area contributed by atoms with Gasteiger partial charge in [0.1, 0.15) is 0 Å². The minimum atomic E-state index is -2.89. The summed E-state index contributed by atoms with van der Waals surface area (Å²) in [6, 6.07) is 26.0. The molecule has 0 fully saturated rings. The van der Waals surface area contributed by atoms with E-state index in [1.54, 1.807) is 14.9 Å². The Morgan fingerprint density at radius 2 is 1.36 bits per heavy atom. The third kappa shape index (κ3) is 5.81. The minimum absolute atomic E-state index is 0.184. The van der Waals surface area contributed by atoms with Gasteiger partial charge in [0.05, 0.1) is 0 Å². The Hall–Kier alpha value is -1.91. The van der Waals surface area contributed by atoms with Gasteiger partial charge in [0, 0.05) is 0 Å². The Morgan fingerprint density at radius 1 is 0.750 bits per heavy atom. The molecule has 4 rings (SSSR count). The first-order valence-electron chi connectivity index (χ1n) is 13.8. The second kappa shape index (κ2) is 13.1. The summed E-state index contributed by atoms with van der Waals surface area (Å²) >= 11 is -1.33. The van der Waals surface area contributed by atoms with Crippen LogP contribution in [0.2, 0.25) is 13.3 Å². The molecule has 0 unspecified atom stereocenters. The Bertz CT molecular complexity index is 1240. The third-order valence-corrected chi connectivity index (χ3v) is 24.2. The van der Waals surface area contributed by atoms with E-state index in [4.69, 9.17) is 0 Å². The molecular weight excluding hydrogens is 563 g/mol. The molecule has 1 nitrogen and oxygen atoms in total. The number of carbonyl (C=O) groups is 1. The van der Waals surface area contributed by atoms with Gasteiger partial charge in [-0.25, -0.2) is 0 Å². The first-order valence-corrected chi connectivity index (χ1v) is 22.2. The number of fused-ring (bicyclic) bond motifs is 1. The fourth-order valence-electron chi connectivity index (χ4n) is 5.76. The standard InChI is InChI=1S/C21H13OS.3C4H9.Sn/c22-21(19-11-6-14-23-19)20-17-10-5-4-9-16(17)12-13-18(20)15-7-2-1-3-8-15;3*1-3-4-2;/h1-12,14H;3*1,3-4H2,2H3;. The van der Waals surface area contributed by atoms with Crippen molar-refractivity contribution in [2.45, 2.75) is 72.6 Å². The van der Waals surface area contributed by atoms with Crippen molar-refractivity contribution in [3.63, 3.8) is 0 Å². The van der Waals surface area contributed by atoms with E-state index in [1.165, 1.54) is 68.3 Å². The second-order valence-corrected chi connectivity index (χ2v) is 24.2. The van der Waals surface area contributed by atoms with Crippen LogP contribution in [0.25, 0.3) is 21.9 Å². The van der Waals surface area contributed by atoms with Gasteiger partial charge in [-0.3, -0.25) is 0 Å². The van der Waals surface area contributed by atoms with Gasteiger partial charge >= 0.3 is 227 Å². The number of unbranched alkanes of at least 4 members (excludes halogenated alkanes) is 3. The summed E-state index contributed by atoms with van der Waals surface area (Å²) in [4.78, 5) is 15.1. The number of carbonyl (C=O) groups excluding carboxylic acids is 1. The average Bonchev–Trinajstić information content (AvgIpc) is 3.47. The van der Waals surface area contributed by atoms with Gasteiger partial charge in [-0.15, -0.1) is 0 Å². The van der Waals surface area contributed by atoms with Crippen LogP contribution in [0.3, 0.4) is 0 Å². The normalized spacial score (nSPS) is 11.8. The maximum absolute atomic E-state index is 14.3. The monoisotopic (exact) mass is 604 g/mol. The SMILES string of the molecule is CCC[CH2][Sn]([CH2]CCC)([CH2]CCC)[c]1cc2ccccc2c(C(=O)c2cccs2)c1-c1ccccc1. The Kier molecular flexibility index (Phi) is 9.84. The number of rotatable bonds is 13. The molecule has 1 heterocycles. The zero-order chi connectivity index (χ0) is 25.4. The van der Waals surface area contributed by atoms with E-state index in [0.29, 0.717) is 0 Å². The maximum atomic E-state index is 14.3. The third-order valence-electron chi connectivity index (χ3n) is 7.68. The summed E-state index contributed by atoms with van der Waals surface area (Å²) in [5.74, 6) is 0.184. The van der Waals surface area contributed by atoms with Crippen molar-refractivity contribution in [1.82, 2.24) is 0 Å².